The molecule has 0 bridgehead atoms. The number of nitrogens with two attached hydrogens (primary N) is 1. The lowest BCUT2D eigenvalue weighted by Gasteiger charge is -2.41. The molecular formula is C55H90N8O11. The Bertz CT molecular complexity index is 2090. The van der Waals surface area contributed by atoms with Crippen molar-refractivity contribution in [1.29, 1.82) is 0 Å². The summed E-state index contributed by atoms with van der Waals surface area (Å²) in [4.78, 5) is 100. The van der Waals surface area contributed by atoms with Crippen LogP contribution < -0.4 is 27.0 Å². The first-order chi connectivity index (χ1) is 34.8. The molecule has 416 valence electrons. The van der Waals surface area contributed by atoms with Gasteiger partial charge in [-0.3, -0.25) is 33.7 Å². The summed E-state index contributed by atoms with van der Waals surface area (Å²) in [5.74, 6) is -4.48. The second-order valence-electron chi connectivity index (χ2n) is 20.6. The van der Waals surface area contributed by atoms with E-state index >= 15 is 0 Å². The molecule has 0 aromatic heterocycles. The van der Waals surface area contributed by atoms with E-state index in [1.807, 2.05) is 66.7 Å². The van der Waals surface area contributed by atoms with Crippen molar-refractivity contribution in [3.8, 4) is 0 Å². The second-order valence-corrected chi connectivity index (χ2v) is 20.6. The maximum Gasteiger partial charge on any atom is 0.410 e. The van der Waals surface area contributed by atoms with Crippen molar-refractivity contribution >= 4 is 47.2 Å². The molecular weight excluding hydrogens is 949 g/mol. The lowest BCUT2D eigenvalue weighted by molar-refractivity contribution is -0.158. The number of rotatable bonds is 30. The van der Waals surface area contributed by atoms with Crippen LogP contribution in [-0.4, -0.2) is 145 Å². The van der Waals surface area contributed by atoms with Crippen LogP contribution in [0, 0.1) is 29.6 Å². The summed E-state index contributed by atoms with van der Waals surface area (Å²) in [5.41, 5.74) is 7.62. The third-order valence-corrected chi connectivity index (χ3v) is 13.7. The third kappa shape index (κ3) is 18.6. The lowest BCUT2D eigenvalue weighted by Crippen LogP contribution is -2.60. The van der Waals surface area contributed by atoms with E-state index in [0.29, 0.717) is 36.2 Å². The Balaban J connectivity index is 2.24. The molecule has 7 N–H and O–H groups in total. The molecule has 19 nitrogen and oxygen atoms in total. The van der Waals surface area contributed by atoms with E-state index in [0.717, 1.165) is 6.42 Å². The van der Waals surface area contributed by atoms with Crippen LogP contribution in [0.4, 0.5) is 10.5 Å². The predicted molar refractivity (Wildman–Crippen MR) is 286 cm³/mol. The van der Waals surface area contributed by atoms with Gasteiger partial charge in [0, 0.05) is 40.5 Å². The molecule has 2 unspecified atom stereocenters. The molecule has 0 saturated heterocycles. The number of carbonyl (C=O) groups excluding carboxylic acids is 7. The number of hydrogen-bond donors (Lipinski definition) is 6. The maximum absolute atomic E-state index is 14.7. The average Bonchev–Trinajstić information content (AvgIpc) is 3.37. The summed E-state index contributed by atoms with van der Waals surface area (Å²) in [6.07, 6.45) is -1.64. The Morgan fingerprint density at radius 1 is 0.703 bits per heavy atom. The summed E-state index contributed by atoms with van der Waals surface area (Å²) in [6, 6.07) is 10.7. The Labute approximate surface area is 440 Å². The van der Waals surface area contributed by atoms with Gasteiger partial charge in [-0.15, -0.1) is 0 Å². The van der Waals surface area contributed by atoms with Gasteiger partial charge in [-0.25, -0.2) is 4.79 Å². The number of ether oxygens (including phenoxy) is 3. The van der Waals surface area contributed by atoms with E-state index in [2.05, 4.69) is 21.3 Å². The molecule has 11 atom stereocenters. The minimum Gasteiger partial charge on any atom is -0.445 e. The zero-order valence-corrected chi connectivity index (χ0v) is 47.0. The van der Waals surface area contributed by atoms with Gasteiger partial charge in [0.2, 0.25) is 35.4 Å². The molecule has 0 aliphatic rings. The van der Waals surface area contributed by atoms with Gasteiger partial charge in [-0.2, -0.15) is 0 Å². The third-order valence-electron chi connectivity index (χ3n) is 13.7. The van der Waals surface area contributed by atoms with Crippen molar-refractivity contribution in [3.05, 3.63) is 65.7 Å². The van der Waals surface area contributed by atoms with Gasteiger partial charge >= 0.3 is 6.09 Å². The van der Waals surface area contributed by atoms with Gasteiger partial charge < -0.3 is 56.1 Å². The van der Waals surface area contributed by atoms with Gasteiger partial charge in [-0.1, -0.05) is 118 Å². The predicted octanol–water partition coefficient (Wildman–Crippen LogP) is 5.60. The molecule has 0 heterocycles. The van der Waals surface area contributed by atoms with E-state index in [1.54, 1.807) is 87.9 Å². The molecule has 74 heavy (non-hydrogen) atoms. The summed E-state index contributed by atoms with van der Waals surface area (Å²) in [5, 5.41) is 22.1. The molecule has 19 heteroatoms. The van der Waals surface area contributed by atoms with E-state index in [-0.39, 0.29) is 30.8 Å². The van der Waals surface area contributed by atoms with Crippen LogP contribution in [-0.2, 0) is 49.6 Å². The monoisotopic (exact) mass is 1040 g/mol. The van der Waals surface area contributed by atoms with Crippen LogP contribution in [0.5, 0.6) is 0 Å². The number of nitrogens with zero attached hydrogens (tertiary/aromatic N) is 3. The van der Waals surface area contributed by atoms with E-state index < -0.39 is 108 Å². The van der Waals surface area contributed by atoms with Gasteiger partial charge in [0.15, 0.2) is 0 Å². The highest BCUT2D eigenvalue weighted by atomic mass is 16.6. The highest BCUT2D eigenvalue weighted by Gasteiger charge is 2.41. The number of nitrogens with one attached hydrogen (secondary N) is 4. The smallest absolute Gasteiger partial charge is 0.410 e. The zero-order valence-electron chi connectivity index (χ0n) is 47.0. The first-order valence-electron chi connectivity index (χ1n) is 26.1. The van der Waals surface area contributed by atoms with Crippen molar-refractivity contribution in [1.82, 2.24) is 30.7 Å². The number of hydrogen-bond acceptors (Lipinski definition) is 12. The number of methoxy groups -OCH3 is 2. The molecule has 0 fully saturated rings. The molecule has 0 saturated carbocycles. The van der Waals surface area contributed by atoms with Gasteiger partial charge in [-0.05, 0) is 74.1 Å². The summed E-state index contributed by atoms with van der Waals surface area (Å²) >= 11 is 0. The van der Waals surface area contributed by atoms with E-state index in [9.17, 15) is 38.7 Å². The fourth-order valence-electron chi connectivity index (χ4n) is 8.72. The number of benzene rings is 2. The number of likely N-dealkylation sites (N-methyl/N-ethyl adjacent to an activating group) is 2. The number of aliphatic hydroxyl groups excluding tert-OH is 1. The number of carbonyl (C=O) groups is 7. The first kappa shape index (κ1) is 64.5. The molecule has 7 amide bonds. The quantitative estimate of drug-likeness (QED) is 0.0524. The largest absolute Gasteiger partial charge is 0.445 e. The van der Waals surface area contributed by atoms with Crippen LogP contribution in [0.15, 0.2) is 54.6 Å². The molecule has 0 aliphatic carbocycles. The minimum absolute atomic E-state index is 0.0970. The fraction of sp³-hybridized carbons (Fsp3) is 0.655. The Hall–Kier alpha value is -5.63. The SMILES string of the molecule is CCCCN(C(=O)C[C@@H](OC)[C@H]([C@@H](C)CC)N(C)C(=O)[C@@H](NC(=O)C(C(C)C)N(C)C(=O)OCc1ccc(NC(=O)[C@H](C)NC(=O)C(N)C(C)C)cc1)C(C)C)[C@H](OC)[C@@H](C)C(=O)N[C@H](C)[C@@H](O)c1ccccc1. The topological polar surface area (TPSA) is 251 Å². The number of amides is 7. The Kier molecular flexibility index (Phi) is 27.3. The van der Waals surface area contributed by atoms with Crippen molar-refractivity contribution in [3.63, 3.8) is 0 Å². The number of unbranched alkanes of at least 4 members (excludes halogenated alkanes) is 1. The van der Waals surface area contributed by atoms with Gasteiger partial charge in [0.05, 0.1) is 42.7 Å². The average molecular weight is 1040 g/mol. The lowest BCUT2D eigenvalue weighted by atomic mass is 9.89. The molecule has 2 aromatic rings. The van der Waals surface area contributed by atoms with Crippen molar-refractivity contribution in [2.75, 3.05) is 40.2 Å². The Morgan fingerprint density at radius 2 is 1.31 bits per heavy atom. The fourth-order valence-corrected chi connectivity index (χ4v) is 8.72. The highest BCUT2D eigenvalue weighted by Crippen LogP contribution is 2.26. The summed E-state index contributed by atoms with van der Waals surface area (Å²) in [6.45, 7) is 21.8. The zero-order chi connectivity index (χ0) is 56.1. The molecule has 2 aromatic carbocycles. The van der Waals surface area contributed by atoms with Crippen molar-refractivity contribution in [2.45, 2.75) is 170 Å². The van der Waals surface area contributed by atoms with Crippen molar-refractivity contribution in [2.24, 2.45) is 35.3 Å². The molecule has 2 rings (SSSR count). The Morgan fingerprint density at radius 3 is 1.82 bits per heavy atom. The van der Waals surface area contributed by atoms with Gasteiger partial charge in [0.25, 0.3) is 0 Å². The van der Waals surface area contributed by atoms with Crippen molar-refractivity contribution < 1.29 is 52.9 Å². The number of anilines is 1. The maximum atomic E-state index is 14.7. The summed E-state index contributed by atoms with van der Waals surface area (Å²) in [7, 11) is 6.02. The van der Waals surface area contributed by atoms with Crippen LogP contribution in [0.1, 0.15) is 126 Å². The van der Waals surface area contributed by atoms with Crippen LogP contribution in [0.3, 0.4) is 0 Å². The number of aliphatic hydroxyl groups is 1. The normalized spacial score (nSPS) is 16.0. The standard InChI is InChI=1S/C55H90N8O11/c1-17-19-29-63(54(73-16)36(10)49(66)57-37(11)48(65)40-23-21-20-22-24-40)43(64)30-42(72-15)47(35(9)18-2)61(13)53(70)45(33(5)6)60-52(69)46(34(7)8)62(14)55(71)74-31-39-25-27-41(28-26-39)59-50(67)38(12)58-51(68)44(56)32(3)4/h20-28,32-38,42,44-48,54,65H,17-19,29-31,56H2,1-16H3,(H,57,66)(H,58,68)(H,59,67)(H,60,69)/t35-,36-,37+,38-,42+,44?,45-,46?,47-,48+,54+/m0/s1. The molecule has 0 radical (unpaired) electrons. The van der Waals surface area contributed by atoms with Crippen LogP contribution >= 0.6 is 0 Å². The van der Waals surface area contributed by atoms with E-state index in [4.69, 9.17) is 19.9 Å². The van der Waals surface area contributed by atoms with Gasteiger partial charge in [0.1, 0.15) is 31.0 Å². The van der Waals surface area contributed by atoms with E-state index in [1.165, 1.54) is 26.2 Å². The van der Waals surface area contributed by atoms with Crippen LogP contribution in [0.25, 0.3) is 0 Å². The highest BCUT2D eigenvalue weighted by molar-refractivity contribution is 5.97. The molecule has 0 spiro atoms. The summed E-state index contributed by atoms with van der Waals surface area (Å²) < 4.78 is 17.6. The minimum atomic E-state index is -1.03. The molecule has 0 aliphatic heterocycles. The second kappa shape index (κ2) is 31.3. The first-order valence-corrected chi connectivity index (χ1v) is 26.1. The van der Waals surface area contributed by atoms with Crippen LogP contribution in [0.2, 0.25) is 0 Å².